The van der Waals surface area contributed by atoms with Crippen molar-refractivity contribution < 1.29 is 18.8 Å². The normalized spacial score (nSPS) is 10.5. The molecule has 13 heavy (non-hydrogen) atoms. The summed E-state index contributed by atoms with van der Waals surface area (Å²) >= 11 is 0. The number of nitrogens with one attached hydrogen (secondary N) is 1. The van der Waals surface area contributed by atoms with E-state index in [0.29, 0.717) is 0 Å². The zero-order valence-electron chi connectivity index (χ0n) is 8.09. The Morgan fingerprint density at radius 2 is 2.23 bits per heavy atom. The van der Waals surface area contributed by atoms with Crippen molar-refractivity contribution in [1.29, 1.82) is 0 Å². The summed E-state index contributed by atoms with van der Waals surface area (Å²) in [7, 11) is 5.36. The molecule has 4 nitrogen and oxygen atoms in total. The van der Waals surface area contributed by atoms with E-state index in [1.54, 1.807) is 12.1 Å². The van der Waals surface area contributed by atoms with Gasteiger partial charge in [-0.3, -0.25) is 0 Å². The predicted octanol–water partition coefficient (Wildman–Crippen LogP) is -0.289. The van der Waals surface area contributed by atoms with Crippen LogP contribution < -0.4 is 4.90 Å². The Morgan fingerprint density at radius 3 is 2.77 bits per heavy atom. The third kappa shape index (κ3) is 2.59. The Hall–Kier alpha value is -1.29. The molecule has 0 amide bonds. The van der Waals surface area contributed by atoms with Crippen molar-refractivity contribution >= 4 is 5.97 Å². The summed E-state index contributed by atoms with van der Waals surface area (Å²) in [5.41, 5.74) is 0. The number of rotatable bonds is 3. The lowest BCUT2D eigenvalue weighted by Gasteiger charge is -2.02. The lowest BCUT2D eigenvalue weighted by molar-refractivity contribution is -0.873. The van der Waals surface area contributed by atoms with E-state index in [1.807, 2.05) is 14.1 Å². The van der Waals surface area contributed by atoms with E-state index in [2.05, 4.69) is 4.74 Å². The zero-order chi connectivity index (χ0) is 9.84. The first kappa shape index (κ1) is 9.80. The van der Waals surface area contributed by atoms with Crippen LogP contribution >= 0.6 is 0 Å². The SMILES string of the molecule is COC(=O)c1ccc(C[NH+](C)C)o1. The number of furan rings is 1. The number of methoxy groups -OCH3 is 1. The number of carbonyl (C=O) groups is 1. The summed E-state index contributed by atoms with van der Waals surface area (Å²) in [5, 5.41) is 0. The van der Waals surface area contributed by atoms with Gasteiger partial charge in [0, 0.05) is 0 Å². The molecule has 1 N–H and O–H groups in total. The van der Waals surface area contributed by atoms with Gasteiger partial charge in [0.05, 0.1) is 21.2 Å². The van der Waals surface area contributed by atoms with Crippen LogP contribution in [0.25, 0.3) is 0 Å². The van der Waals surface area contributed by atoms with Gasteiger partial charge >= 0.3 is 5.97 Å². The van der Waals surface area contributed by atoms with Crippen LogP contribution in [0, 0.1) is 0 Å². The van der Waals surface area contributed by atoms with E-state index in [0.717, 1.165) is 12.3 Å². The molecule has 1 aromatic rings. The van der Waals surface area contributed by atoms with E-state index in [9.17, 15) is 4.79 Å². The molecule has 0 bridgehead atoms. The van der Waals surface area contributed by atoms with E-state index < -0.39 is 5.97 Å². The van der Waals surface area contributed by atoms with Crippen molar-refractivity contribution in [2.45, 2.75) is 6.54 Å². The average molecular weight is 184 g/mol. The Morgan fingerprint density at radius 1 is 1.54 bits per heavy atom. The summed E-state index contributed by atoms with van der Waals surface area (Å²) in [4.78, 5) is 12.2. The van der Waals surface area contributed by atoms with Crippen molar-refractivity contribution in [2.24, 2.45) is 0 Å². The third-order valence-electron chi connectivity index (χ3n) is 1.58. The minimum atomic E-state index is -0.431. The highest BCUT2D eigenvalue weighted by Crippen LogP contribution is 2.07. The fourth-order valence-electron chi connectivity index (χ4n) is 1.03. The van der Waals surface area contributed by atoms with Crippen molar-refractivity contribution in [2.75, 3.05) is 21.2 Å². The molecule has 0 radical (unpaired) electrons. The molecule has 0 atom stereocenters. The second-order valence-corrected chi connectivity index (χ2v) is 3.14. The molecule has 1 heterocycles. The average Bonchev–Trinajstić information content (AvgIpc) is 2.50. The Kier molecular flexibility index (Phi) is 3.08. The summed E-state index contributed by atoms with van der Waals surface area (Å²) in [6, 6.07) is 3.42. The van der Waals surface area contributed by atoms with Crippen LogP contribution in [-0.4, -0.2) is 27.2 Å². The van der Waals surface area contributed by atoms with E-state index in [4.69, 9.17) is 4.42 Å². The Balaban J connectivity index is 2.69. The van der Waals surface area contributed by atoms with Gasteiger partial charge in [0.2, 0.25) is 5.76 Å². The lowest BCUT2D eigenvalue weighted by atomic mass is 10.4. The highest BCUT2D eigenvalue weighted by atomic mass is 16.5. The van der Waals surface area contributed by atoms with Crippen LogP contribution in [0.4, 0.5) is 0 Å². The molecule has 0 fully saturated rings. The van der Waals surface area contributed by atoms with Crippen LogP contribution in [0.3, 0.4) is 0 Å². The second-order valence-electron chi connectivity index (χ2n) is 3.14. The first-order valence-electron chi connectivity index (χ1n) is 4.09. The highest BCUT2D eigenvalue weighted by molar-refractivity contribution is 5.86. The molecule has 0 aromatic carbocycles. The maximum absolute atomic E-state index is 11.0. The summed E-state index contributed by atoms with van der Waals surface area (Å²) in [6.45, 7) is 0.761. The second kappa shape index (κ2) is 4.09. The largest absolute Gasteiger partial charge is 0.463 e. The van der Waals surface area contributed by atoms with Gasteiger partial charge in [0.1, 0.15) is 6.54 Å². The molecule has 0 aliphatic heterocycles. The maximum Gasteiger partial charge on any atom is 0.373 e. The van der Waals surface area contributed by atoms with Gasteiger partial charge in [-0.25, -0.2) is 4.79 Å². The number of carbonyl (C=O) groups excluding carboxylic acids is 1. The molecule has 0 spiro atoms. The van der Waals surface area contributed by atoms with Crippen molar-refractivity contribution in [1.82, 2.24) is 0 Å². The number of ether oxygens (including phenoxy) is 1. The fraction of sp³-hybridized carbons (Fsp3) is 0.444. The van der Waals surface area contributed by atoms with Crippen LogP contribution in [0.1, 0.15) is 16.3 Å². The van der Waals surface area contributed by atoms with Crippen LogP contribution in [0.15, 0.2) is 16.5 Å². The molecular formula is C9H14NO3+. The van der Waals surface area contributed by atoms with Gasteiger partial charge in [-0.15, -0.1) is 0 Å². The number of hydrogen-bond acceptors (Lipinski definition) is 3. The van der Waals surface area contributed by atoms with Gasteiger partial charge in [-0.05, 0) is 12.1 Å². The lowest BCUT2D eigenvalue weighted by Crippen LogP contribution is -3.04. The first-order valence-corrected chi connectivity index (χ1v) is 4.09. The van der Waals surface area contributed by atoms with E-state index in [-0.39, 0.29) is 5.76 Å². The molecule has 0 saturated heterocycles. The summed E-state index contributed by atoms with van der Waals surface area (Å²) in [5.74, 6) is 0.624. The van der Waals surface area contributed by atoms with E-state index in [1.165, 1.54) is 12.0 Å². The Labute approximate surface area is 77.1 Å². The number of hydrogen-bond donors (Lipinski definition) is 1. The number of esters is 1. The molecule has 0 aliphatic rings. The van der Waals surface area contributed by atoms with E-state index >= 15 is 0 Å². The standard InChI is InChI=1S/C9H13NO3/c1-10(2)6-7-4-5-8(13-7)9(11)12-3/h4-5H,6H2,1-3H3/p+1. The molecule has 0 saturated carbocycles. The quantitative estimate of drug-likeness (QED) is 0.656. The van der Waals surface area contributed by atoms with Crippen molar-refractivity contribution in [3.63, 3.8) is 0 Å². The molecule has 0 aliphatic carbocycles. The van der Waals surface area contributed by atoms with Gasteiger partial charge in [-0.1, -0.05) is 0 Å². The smallest absolute Gasteiger partial charge is 0.373 e. The summed E-state index contributed by atoms with van der Waals surface area (Å²) < 4.78 is 9.77. The van der Waals surface area contributed by atoms with Crippen molar-refractivity contribution in [3.05, 3.63) is 23.7 Å². The topological polar surface area (TPSA) is 43.9 Å². The molecule has 72 valence electrons. The van der Waals surface area contributed by atoms with Gasteiger partial charge in [0.15, 0.2) is 5.76 Å². The third-order valence-corrected chi connectivity index (χ3v) is 1.58. The van der Waals surface area contributed by atoms with Gasteiger partial charge in [-0.2, -0.15) is 0 Å². The first-order chi connectivity index (χ1) is 6.13. The van der Waals surface area contributed by atoms with Crippen LogP contribution in [0.2, 0.25) is 0 Å². The maximum atomic E-state index is 11.0. The van der Waals surface area contributed by atoms with Crippen LogP contribution in [0.5, 0.6) is 0 Å². The predicted molar refractivity (Wildman–Crippen MR) is 46.6 cm³/mol. The number of quaternary nitrogens is 1. The van der Waals surface area contributed by atoms with Gasteiger partial charge in [0.25, 0.3) is 0 Å². The minimum Gasteiger partial charge on any atom is -0.463 e. The van der Waals surface area contributed by atoms with Crippen LogP contribution in [-0.2, 0) is 11.3 Å². The molecule has 0 unspecified atom stereocenters. The monoisotopic (exact) mass is 184 g/mol. The summed E-state index contributed by atoms with van der Waals surface area (Å²) in [6.07, 6.45) is 0. The molecular weight excluding hydrogens is 170 g/mol. The molecule has 1 rings (SSSR count). The van der Waals surface area contributed by atoms with Crippen molar-refractivity contribution in [3.8, 4) is 0 Å². The molecule has 1 aromatic heterocycles. The van der Waals surface area contributed by atoms with Gasteiger partial charge < -0.3 is 14.1 Å². The zero-order valence-corrected chi connectivity index (χ0v) is 8.09. The molecule has 4 heteroatoms. The minimum absolute atomic E-state index is 0.263. The highest BCUT2D eigenvalue weighted by Gasteiger charge is 2.11. The Bertz CT molecular complexity index is 291. The fourth-order valence-corrected chi connectivity index (χ4v) is 1.03.